The number of nitrogens with two attached hydrogens (primary N) is 1. The fraction of sp³-hybridized carbons (Fsp3) is 0.833. The van der Waals surface area contributed by atoms with Gasteiger partial charge in [-0.15, -0.1) is 0 Å². The predicted octanol–water partition coefficient (Wildman–Crippen LogP) is 0.108. The van der Waals surface area contributed by atoms with Gasteiger partial charge in [0.2, 0.25) is 0 Å². The summed E-state index contributed by atoms with van der Waals surface area (Å²) in [6.07, 6.45) is 1.13. The van der Waals surface area contributed by atoms with E-state index in [4.69, 9.17) is 0 Å². The van der Waals surface area contributed by atoms with Gasteiger partial charge in [0.25, 0.3) is 0 Å². The maximum atomic E-state index is 4.18. The molecule has 0 aromatic heterocycles. The van der Waals surface area contributed by atoms with E-state index >= 15 is 0 Å². The molecular weight excluding hydrogens is 100 g/mol. The molecule has 0 amide bonds. The Balaban J connectivity index is 2.55. The van der Waals surface area contributed by atoms with Crippen molar-refractivity contribution in [3.8, 4) is 0 Å². The van der Waals surface area contributed by atoms with Crippen LogP contribution in [0.5, 0.6) is 0 Å². The smallest absolute Gasteiger partial charge is 0.120 e. The quantitative estimate of drug-likeness (QED) is 0.432. The number of nitrogens with zero attached hydrogens (tertiary/aromatic N) is 1. The Labute approximate surface area is 50.0 Å². The van der Waals surface area contributed by atoms with Crippen molar-refractivity contribution < 1.29 is 5.43 Å². The number of rotatable bonds is 0. The molecule has 0 saturated carbocycles. The number of hydrogen-bond donors (Lipinski definition) is 1. The van der Waals surface area contributed by atoms with Crippen LogP contribution in [0.4, 0.5) is 0 Å². The Morgan fingerprint density at radius 1 is 1.62 bits per heavy atom. The minimum atomic E-state index is 0.337. The van der Waals surface area contributed by atoms with E-state index < -0.39 is 0 Å². The highest BCUT2D eigenvalue weighted by molar-refractivity contribution is 5.82. The molecular formula is C6H13N2+. The molecule has 0 aliphatic carbocycles. The second-order valence-electron chi connectivity index (χ2n) is 3.16. The SMILES string of the molecule is CC1=N[NH2+]C(C)(C)C1. The number of quaternary nitrogens is 1. The molecule has 2 heteroatoms. The Bertz CT molecular complexity index is 124. The van der Waals surface area contributed by atoms with Gasteiger partial charge in [0, 0.05) is 6.42 Å². The second-order valence-corrected chi connectivity index (χ2v) is 3.16. The van der Waals surface area contributed by atoms with Gasteiger partial charge in [0.05, 0.1) is 5.71 Å². The fourth-order valence-corrected chi connectivity index (χ4v) is 1.04. The lowest BCUT2D eigenvalue weighted by Crippen LogP contribution is -2.87. The van der Waals surface area contributed by atoms with E-state index in [1.807, 2.05) is 5.43 Å². The fourth-order valence-electron chi connectivity index (χ4n) is 1.04. The molecule has 0 aromatic rings. The highest BCUT2D eigenvalue weighted by Crippen LogP contribution is 2.06. The van der Waals surface area contributed by atoms with Crippen molar-refractivity contribution >= 4 is 5.71 Å². The van der Waals surface area contributed by atoms with Crippen LogP contribution in [0.1, 0.15) is 27.2 Å². The van der Waals surface area contributed by atoms with Crippen molar-refractivity contribution in [3.63, 3.8) is 0 Å². The molecule has 0 fully saturated rings. The van der Waals surface area contributed by atoms with Crippen LogP contribution in [-0.4, -0.2) is 11.3 Å². The molecule has 1 aliphatic rings. The molecule has 2 nitrogen and oxygen atoms in total. The van der Waals surface area contributed by atoms with Crippen molar-refractivity contribution in [2.24, 2.45) is 5.10 Å². The average Bonchev–Trinajstić information content (AvgIpc) is 1.82. The molecule has 0 aromatic carbocycles. The normalized spacial score (nSPS) is 25.6. The van der Waals surface area contributed by atoms with Crippen LogP contribution in [0.2, 0.25) is 0 Å². The van der Waals surface area contributed by atoms with Crippen molar-refractivity contribution in [2.45, 2.75) is 32.7 Å². The summed E-state index contributed by atoms with van der Waals surface area (Å²) in [7, 11) is 0. The molecule has 0 unspecified atom stereocenters. The van der Waals surface area contributed by atoms with Crippen LogP contribution in [0.15, 0.2) is 5.10 Å². The monoisotopic (exact) mass is 113 g/mol. The summed E-state index contributed by atoms with van der Waals surface area (Å²) < 4.78 is 0. The lowest BCUT2D eigenvalue weighted by atomic mass is 10.0. The third-order valence-electron chi connectivity index (χ3n) is 1.35. The topological polar surface area (TPSA) is 29.0 Å². The van der Waals surface area contributed by atoms with Gasteiger partial charge in [0.1, 0.15) is 5.54 Å². The minimum absolute atomic E-state index is 0.337. The van der Waals surface area contributed by atoms with E-state index in [9.17, 15) is 0 Å². The van der Waals surface area contributed by atoms with Crippen LogP contribution < -0.4 is 5.43 Å². The predicted molar refractivity (Wildman–Crippen MR) is 33.7 cm³/mol. The first-order chi connectivity index (χ1) is 3.60. The Morgan fingerprint density at radius 3 is 2.38 bits per heavy atom. The maximum Gasteiger partial charge on any atom is 0.120 e. The van der Waals surface area contributed by atoms with Gasteiger partial charge in [-0.25, -0.2) is 5.43 Å². The molecule has 2 N–H and O–H groups in total. The van der Waals surface area contributed by atoms with Crippen molar-refractivity contribution in [1.29, 1.82) is 0 Å². The zero-order valence-electron chi connectivity index (χ0n) is 5.73. The van der Waals surface area contributed by atoms with E-state index in [2.05, 4.69) is 25.9 Å². The summed E-state index contributed by atoms with van der Waals surface area (Å²) in [5, 5.41) is 4.18. The van der Waals surface area contributed by atoms with E-state index in [0.717, 1.165) is 6.42 Å². The lowest BCUT2D eigenvalue weighted by molar-refractivity contribution is -0.717. The van der Waals surface area contributed by atoms with Crippen LogP contribution >= 0.6 is 0 Å². The summed E-state index contributed by atoms with van der Waals surface area (Å²) in [4.78, 5) is 0. The summed E-state index contributed by atoms with van der Waals surface area (Å²) in [5.41, 5.74) is 3.63. The van der Waals surface area contributed by atoms with Gasteiger partial charge >= 0.3 is 0 Å². The molecule has 0 saturated heterocycles. The van der Waals surface area contributed by atoms with Gasteiger partial charge in [0.15, 0.2) is 0 Å². The molecule has 1 rings (SSSR count). The molecule has 0 bridgehead atoms. The van der Waals surface area contributed by atoms with E-state index in [-0.39, 0.29) is 0 Å². The summed E-state index contributed by atoms with van der Waals surface area (Å²) in [6.45, 7) is 6.48. The first-order valence-corrected chi connectivity index (χ1v) is 2.98. The zero-order valence-corrected chi connectivity index (χ0v) is 5.73. The van der Waals surface area contributed by atoms with Gasteiger partial charge in [-0.2, -0.15) is 0 Å². The van der Waals surface area contributed by atoms with Crippen LogP contribution in [0.3, 0.4) is 0 Å². The van der Waals surface area contributed by atoms with Gasteiger partial charge in [-0.1, -0.05) is 5.10 Å². The molecule has 46 valence electrons. The van der Waals surface area contributed by atoms with Gasteiger partial charge in [-0.3, -0.25) is 0 Å². The summed E-state index contributed by atoms with van der Waals surface area (Å²) >= 11 is 0. The average molecular weight is 113 g/mol. The van der Waals surface area contributed by atoms with E-state index in [1.54, 1.807) is 0 Å². The van der Waals surface area contributed by atoms with Crippen LogP contribution in [-0.2, 0) is 0 Å². The Morgan fingerprint density at radius 2 is 2.25 bits per heavy atom. The van der Waals surface area contributed by atoms with Crippen molar-refractivity contribution in [1.82, 2.24) is 0 Å². The summed E-state index contributed by atoms with van der Waals surface area (Å²) in [6, 6.07) is 0. The first kappa shape index (κ1) is 5.76. The second kappa shape index (κ2) is 1.55. The minimum Gasteiger partial charge on any atom is -0.215 e. The molecule has 0 atom stereocenters. The largest absolute Gasteiger partial charge is 0.215 e. The maximum absolute atomic E-state index is 4.18. The first-order valence-electron chi connectivity index (χ1n) is 2.98. The van der Waals surface area contributed by atoms with Crippen LogP contribution in [0.25, 0.3) is 0 Å². The lowest BCUT2D eigenvalue weighted by Gasteiger charge is -2.09. The van der Waals surface area contributed by atoms with Gasteiger partial charge in [-0.05, 0) is 20.8 Å². The molecule has 0 spiro atoms. The van der Waals surface area contributed by atoms with Crippen molar-refractivity contribution in [2.75, 3.05) is 0 Å². The van der Waals surface area contributed by atoms with Crippen molar-refractivity contribution in [3.05, 3.63) is 0 Å². The van der Waals surface area contributed by atoms with E-state index in [0.29, 0.717) is 5.54 Å². The highest BCUT2D eigenvalue weighted by atomic mass is 15.3. The molecule has 8 heavy (non-hydrogen) atoms. The number of hydrogen-bond acceptors (Lipinski definition) is 1. The molecule has 1 aliphatic heterocycles. The zero-order chi connectivity index (χ0) is 6.20. The Hall–Kier alpha value is -0.370. The molecule has 0 radical (unpaired) electrons. The van der Waals surface area contributed by atoms with Crippen LogP contribution in [0, 0.1) is 0 Å². The van der Waals surface area contributed by atoms with E-state index in [1.165, 1.54) is 5.71 Å². The third-order valence-corrected chi connectivity index (χ3v) is 1.35. The van der Waals surface area contributed by atoms with Gasteiger partial charge < -0.3 is 0 Å². The third kappa shape index (κ3) is 1.07. The standard InChI is InChI=1S/C6H12N2/c1-5-4-6(2,3)8-7-5/h8H,4H2,1-3H3/p+1. The Kier molecular flexibility index (Phi) is 1.12. The summed E-state index contributed by atoms with van der Waals surface area (Å²) in [5.74, 6) is 0. The highest BCUT2D eigenvalue weighted by Gasteiger charge is 2.27. The molecule has 1 heterocycles.